The van der Waals surface area contributed by atoms with E-state index in [1.165, 1.54) is 18.3 Å². The monoisotopic (exact) mass is 392 g/mol. The average Bonchev–Trinajstić information content (AvgIpc) is 2.43. The van der Waals surface area contributed by atoms with Crippen molar-refractivity contribution in [1.82, 2.24) is 4.98 Å². The lowest BCUT2D eigenvalue weighted by molar-refractivity contribution is 0.102. The van der Waals surface area contributed by atoms with Crippen molar-refractivity contribution in [3.63, 3.8) is 0 Å². The van der Waals surface area contributed by atoms with Crippen LogP contribution >= 0.6 is 27.5 Å². The Morgan fingerprint density at radius 1 is 1.43 bits per heavy atom. The van der Waals surface area contributed by atoms with Crippen molar-refractivity contribution in [3.8, 4) is 0 Å². The molecule has 0 fully saturated rings. The smallest absolute Gasteiger partial charge is 0.257 e. The highest BCUT2D eigenvalue weighted by Crippen LogP contribution is 2.23. The van der Waals surface area contributed by atoms with Gasteiger partial charge in [0.2, 0.25) is 0 Å². The summed E-state index contributed by atoms with van der Waals surface area (Å²) in [7, 11) is 0. The molecule has 0 saturated heterocycles. The second kappa shape index (κ2) is 6.61. The summed E-state index contributed by atoms with van der Waals surface area (Å²) in [5.74, 6) is -1.25. The molecule has 1 unspecified atom stereocenters. The van der Waals surface area contributed by atoms with Crippen LogP contribution in [0.5, 0.6) is 0 Å². The highest BCUT2D eigenvalue weighted by molar-refractivity contribution is 9.10. The predicted molar refractivity (Wildman–Crippen MR) is 80.3 cm³/mol. The third-order valence-corrected chi connectivity index (χ3v) is 4.29. The van der Waals surface area contributed by atoms with Gasteiger partial charge in [0, 0.05) is 6.20 Å². The van der Waals surface area contributed by atoms with Crippen LogP contribution in [0.4, 0.5) is 10.1 Å². The zero-order valence-electron chi connectivity index (χ0n) is 10.1. The zero-order valence-corrected chi connectivity index (χ0v) is 13.3. The number of aromatic nitrogens is 1. The first-order chi connectivity index (χ1) is 9.88. The maximum absolute atomic E-state index is 13.1. The molecule has 2 rings (SSSR count). The summed E-state index contributed by atoms with van der Waals surface area (Å²) in [4.78, 5) is 15.6. The third-order valence-electron chi connectivity index (χ3n) is 2.44. The molecule has 110 valence electrons. The summed E-state index contributed by atoms with van der Waals surface area (Å²) in [6.45, 7) is 0. The first-order valence-electron chi connectivity index (χ1n) is 5.41. The number of rotatable bonds is 3. The number of halogens is 3. The molecule has 0 aliphatic carbocycles. The minimum Gasteiger partial charge on any atom is -0.321 e. The van der Waals surface area contributed by atoms with E-state index < -0.39 is 22.8 Å². The van der Waals surface area contributed by atoms with Crippen molar-refractivity contribution >= 4 is 50.2 Å². The van der Waals surface area contributed by atoms with Crippen LogP contribution < -0.4 is 5.32 Å². The lowest BCUT2D eigenvalue weighted by atomic mass is 10.2. The Labute approximate surface area is 134 Å². The van der Waals surface area contributed by atoms with Gasteiger partial charge in [-0.15, -0.1) is 0 Å². The number of benzene rings is 1. The second-order valence-electron chi connectivity index (χ2n) is 3.84. The quantitative estimate of drug-likeness (QED) is 0.618. The molecular formula is C12H7BrClFN2O3S. The largest absolute Gasteiger partial charge is 0.321 e. The molecule has 1 amide bonds. The number of anilines is 1. The molecule has 0 radical (unpaired) electrons. The number of carbonyl (C=O) groups excluding carboxylic acids is 1. The third kappa shape index (κ3) is 3.85. The van der Waals surface area contributed by atoms with Crippen LogP contribution in [-0.4, -0.2) is 19.7 Å². The number of carbonyl (C=O) groups is 1. The van der Waals surface area contributed by atoms with Crippen LogP contribution in [0.15, 0.2) is 39.8 Å². The van der Waals surface area contributed by atoms with Crippen LogP contribution in [0, 0.1) is 5.82 Å². The van der Waals surface area contributed by atoms with Crippen LogP contribution in [0.25, 0.3) is 0 Å². The van der Waals surface area contributed by atoms with Crippen molar-refractivity contribution in [1.29, 1.82) is 0 Å². The Kier molecular flexibility index (Phi) is 5.04. The summed E-state index contributed by atoms with van der Waals surface area (Å²) in [5, 5.41) is 2.62. The summed E-state index contributed by atoms with van der Waals surface area (Å²) in [6, 6.07) is 4.60. The number of nitrogens with zero attached hydrogens (tertiary/aromatic N) is 1. The molecule has 2 aromatic rings. The fourth-order valence-electron chi connectivity index (χ4n) is 1.48. The van der Waals surface area contributed by atoms with E-state index in [2.05, 4.69) is 26.2 Å². The lowest BCUT2D eigenvalue weighted by Crippen LogP contribution is -2.14. The van der Waals surface area contributed by atoms with E-state index in [0.29, 0.717) is 4.47 Å². The van der Waals surface area contributed by atoms with Gasteiger partial charge in [-0.3, -0.25) is 4.79 Å². The molecule has 1 atom stereocenters. The molecule has 0 aliphatic heterocycles. The van der Waals surface area contributed by atoms with Gasteiger partial charge in [-0.1, -0.05) is 11.6 Å². The number of hydrogen-bond acceptors (Lipinski definition) is 3. The maximum Gasteiger partial charge on any atom is 0.257 e. The molecule has 0 spiro atoms. The molecule has 9 heteroatoms. The number of hydrogen-bond donors (Lipinski definition) is 2. The molecule has 0 saturated carbocycles. The molecule has 2 N–H and O–H groups in total. The first-order valence-corrected chi connectivity index (χ1v) is 7.69. The molecule has 1 aromatic heterocycles. The van der Waals surface area contributed by atoms with Gasteiger partial charge < -0.3 is 9.87 Å². The van der Waals surface area contributed by atoms with E-state index in [1.54, 1.807) is 0 Å². The van der Waals surface area contributed by atoms with Gasteiger partial charge in [-0.05, 0) is 40.2 Å². The topological polar surface area (TPSA) is 79.3 Å². The Balaban J connectivity index is 2.31. The van der Waals surface area contributed by atoms with E-state index in [9.17, 15) is 13.4 Å². The summed E-state index contributed by atoms with van der Waals surface area (Å²) in [5.41, 5.74) is 0.221. The van der Waals surface area contributed by atoms with Gasteiger partial charge in [-0.25, -0.2) is 13.6 Å². The van der Waals surface area contributed by atoms with E-state index in [1.807, 2.05) is 0 Å². The Bertz CT molecular complexity index is 744. The van der Waals surface area contributed by atoms with Gasteiger partial charge in [0.25, 0.3) is 5.91 Å². The SMILES string of the molecule is O=C(Nc1ccc(F)cc1S(=O)O)c1cnc(Cl)c(Br)c1. The number of pyridine rings is 1. The number of nitrogens with one attached hydrogen (secondary N) is 1. The molecular weight excluding hydrogens is 387 g/mol. The second-order valence-corrected chi connectivity index (χ2v) is 5.99. The van der Waals surface area contributed by atoms with E-state index >= 15 is 0 Å². The fraction of sp³-hybridized carbons (Fsp3) is 0. The minimum absolute atomic E-state index is 0.0355. The van der Waals surface area contributed by atoms with Crippen molar-refractivity contribution in [3.05, 3.63) is 51.5 Å². The molecule has 0 bridgehead atoms. The summed E-state index contributed by atoms with van der Waals surface area (Å²) < 4.78 is 33.8. The van der Waals surface area contributed by atoms with Crippen molar-refractivity contribution in [2.75, 3.05) is 5.32 Å². The average molecular weight is 394 g/mol. The lowest BCUT2D eigenvalue weighted by Gasteiger charge is -2.09. The molecule has 5 nitrogen and oxygen atoms in total. The van der Waals surface area contributed by atoms with Crippen molar-refractivity contribution in [2.24, 2.45) is 0 Å². The van der Waals surface area contributed by atoms with Crippen LogP contribution in [-0.2, 0) is 11.1 Å². The molecule has 1 aromatic carbocycles. The van der Waals surface area contributed by atoms with Gasteiger partial charge in [0.15, 0.2) is 11.1 Å². The van der Waals surface area contributed by atoms with Gasteiger partial charge >= 0.3 is 0 Å². The van der Waals surface area contributed by atoms with E-state index in [4.69, 9.17) is 16.2 Å². The van der Waals surface area contributed by atoms with Crippen molar-refractivity contribution in [2.45, 2.75) is 4.90 Å². The molecule has 0 aliphatic rings. The van der Waals surface area contributed by atoms with Gasteiger partial charge in [-0.2, -0.15) is 0 Å². The van der Waals surface area contributed by atoms with Crippen LogP contribution in [0.2, 0.25) is 5.15 Å². The van der Waals surface area contributed by atoms with Crippen LogP contribution in [0.1, 0.15) is 10.4 Å². The van der Waals surface area contributed by atoms with Crippen LogP contribution in [0.3, 0.4) is 0 Å². The fourth-order valence-corrected chi connectivity index (χ4v) is 2.46. The van der Waals surface area contributed by atoms with E-state index in [-0.39, 0.29) is 21.3 Å². The van der Waals surface area contributed by atoms with Gasteiger partial charge in [0.05, 0.1) is 20.6 Å². The zero-order chi connectivity index (χ0) is 15.6. The molecule has 21 heavy (non-hydrogen) atoms. The highest BCUT2D eigenvalue weighted by Gasteiger charge is 2.14. The Morgan fingerprint density at radius 3 is 2.76 bits per heavy atom. The summed E-state index contributed by atoms with van der Waals surface area (Å²) in [6.07, 6.45) is 1.25. The Hall–Kier alpha value is -1.35. The van der Waals surface area contributed by atoms with Crippen molar-refractivity contribution < 1.29 is 17.9 Å². The minimum atomic E-state index is -2.43. The normalized spacial score (nSPS) is 12.0. The first kappa shape index (κ1) is 16.0. The molecule has 1 heterocycles. The standard InChI is InChI=1S/C12H7BrClFN2O3S/c13-8-3-6(5-16-11(8)14)12(18)17-9-2-1-7(15)4-10(9)21(19)20/h1-5H,(H,17,18)(H,19,20). The number of amides is 1. The Morgan fingerprint density at radius 2 is 2.14 bits per heavy atom. The highest BCUT2D eigenvalue weighted by atomic mass is 79.9. The summed E-state index contributed by atoms with van der Waals surface area (Å²) >= 11 is 6.43. The maximum atomic E-state index is 13.1. The van der Waals surface area contributed by atoms with Gasteiger partial charge in [0.1, 0.15) is 11.0 Å². The predicted octanol–water partition coefficient (Wildman–Crippen LogP) is 3.47. The van der Waals surface area contributed by atoms with E-state index in [0.717, 1.165) is 12.1 Å².